The lowest BCUT2D eigenvalue weighted by Gasteiger charge is -2.33. The summed E-state index contributed by atoms with van der Waals surface area (Å²) in [6.45, 7) is 0. The SMILES string of the molecule is NC(=S)NNC1=C2[C@@H]3[C@@H]4C[C@H]2[C@H]2[C@@H]4C[C@@H]3[C@@H]12. The Balaban J connectivity index is 1.57. The first kappa shape index (κ1) is 8.34. The van der Waals surface area contributed by atoms with Gasteiger partial charge in [0.05, 0.1) is 0 Å². The smallest absolute Gasteiger partial charge is 0.182 e. The highest BCUT2D eigenvalue weighted by atomic mass is 32.1. The van der Waals surface area contributed by atoms with Crippen molar-refractivity contribution in [3.63, 3.8) is 0 Å². The zero-order valence-electron chi connectivity index (χ0n) is 8.94. The van der Waals surface area contributed by atoms with Gasteiger partial charge in [-0.2, -0.15) is 0 Å². The minimum absolute atomic E-state index is 0.353. The maximum Gasteiger partial charge on any atom is 0.182 e. The summed E-state index contributed by atoms with van der Waals surface area (Å²) in [6, 6.07) is 0. The molecule has 0 aromatic carbocycles. The molecule has 4 saturated carbocycles. The van der Waals surface area contributed by atoms with Gasteiger partial charge in [0.1, 0.15) is 0 Å². The van der Waals surface area contributed by atoms with Crippen molar-refractivity contribution in [3.8, 4) is 0 Å². The number of nitrogens with one attached hydrogen (secondary N) is 2. The summed E-state index contributed by atoms with van der Waals surface area (Å²) in [4.78, 5) is 0. The number of hydrogen-bond donors (Lipinski definition) is 3. The average molecular weight is 233 g/mol. The summed E-state index contributed by atoms with van der Waals surface area (Å²) >= 11 is 4.86. The van der Waals surface area contributed by atoms with Gasteiger partial charge in [-0.05, 0) is 66.1 Å². The third-order valence-corrected chi connectivity index (χ3v) is 6.20. The topological polar surface area (TPSA) is 50.1 Å². The Labute approximate surface area is 99.8 Å². The van der Waals surface area contributed by atoms with Gasteiger partial charge < -0.3 is 11.2 Å². The van der Waals surface area contributed by atoms with Gasteiger partial charge in [0.2, 0.25) is 0 Å². The molecule has 0 aromatic rings. The van der Waals surface area contributed by atoms with Gasteiger partial charge in [-0.15, -0.1) is 0 Å². The summed E-state index contributed by atoms with van der Waals surface area (Å²) in [7, 11) is 0. The van der Waals surface area contributed by atoms with E-state index in [0.29, 0.717) is 5.11 Å². The predicted molar refractivity (Wildman–Crippen MR) is 63.7 cm³/mol. The largest absolute Gasteiger partial charge is 0.375 e. The third-order valence-electron chi connectivity index (χ3n) is 6.10. The monoisotopic (exact) mass is 233 g/mol. The van der Waals surface area contributed by atoms with Crippen LogP contribution in [0.25, 0.3) is 0 Å². The van der Waals surface area contributed by atoms with Crippen LogP contribution in [-0.2, 0) is 0 Å². The van der Waals surface area contributed by atoms with Crippen molar-refractivity contribution in [1.29, 1.82) is 0 Å². The lowest BCUT2D eigenvalue weighted by molar-refractivity contribution is 0.183. The standard InChI is InChI=1S/C12H15N3S/c13-12(16)15-14-11-9-5-1-3-4-2-6(7(3)9)10(11)8(4)5/h3-9,14H,1-2H2,(H3,13,15,16)/t3-,4-,5+,6+,7-,8-,9-/m1/s1. The van der Waals surface area contributed by atoms with Crippen LogP contribution >= 0.6 is 12.2 Å². The van der Waals surface area contributed by atoms with Crippen LogP contribution in [0.3, 0.4) is 0 Å². The van der Waals surface area contributed by atoms with E-state index in [1.807, 2.05) is 0 Å². The molecule has 0 saturated heterocycles. The molecule has 0 heterocycles. The van der Waals surface area contributed by atoms with Gasteiger partial charge in [0.15, 0.2) is 5.11 Å². The van der Waals surface area contributed by atoms with Crippen LogP contribution in [0.5, 0.6) is 0 Å². The van der Waals surface area contributed by atoms with Gasteiger partial charge >= 0.3 is 0 Å². The number of rotatable bonds is 2. The van der Waals surface area contributed by atoms with Crippen LogP contribution < -0.4 is 16.6 Å². The Hall–Kier alpha value is -0.770. The van der Waals surface area contributed by atoms with E-state index in [0.717, 1.165) is 41.4 Å². The lowest BCUT2D eigenvalue weighted by Crippen LogP contribution is -2.41. The molecule has 6 aliphatic carbocycles. The Kier molecular flexibility index (Phi) is 1.18. The summed E-state index contributed by atoms with van der Waals surface area (Å²) in [5.74, 6) is 6.79. The minimum Gasteiger partial charge on any atom is -0.375 e. The Morgan fingerprint density at radius 2 is 2.06 bits per heavy atom. The number of hydrogen-bond acceptors (Lipinski definition) is 2. The van der Waals surface area contributed by atoms with Crippen LogP contribution in [0.4, 0.5) is 0 Å². The van der Waals surface area contributed by atoms with Crippen LogP contribution in [0.1, 0.15) is 12.8 Å². The first-order valence-corrected chi connectivity index (χ1v) is 6.73. The molecule has 6 bridgehead atoms. The van der Waals surface area contributed by atoms with Crippen molar-refractivity contribution in [2.24, 2.45) is 47.2 Å². The van der Waals surface area contributed by atoms with E-state index in [2.05, 4.69) is 10.9 Å². The van der Waals surface area contributed by atoms with Crippen LogP contribution in [0, 0.1) is 41.4 Å². The van der Waals surface area contributed by atoms with E-state index in [4.69, 9.17) is 18.0 Å². The van der Waals surface area contributed by atoms with Gasteiger partial charge in [0, 0.05) is 11.6 Å². The highest BCUT2D eigenvalue weighted by Crippen LogP contribution is 2.81. The number of allylic oxidation sites excluding steroid dienone is 2. The summed E-state index contributed by atoms with van der Waals surface area (Å²) in [6.07, 6.45) is 2.99. The average Bonchev–Trinajstić information content (AvgIpc) is 2.91. The van der Waals surface area contributed by atoms with Crippen molar-refractivity contribution >= 4 is 17.3 Å². The molecule has 4 heteroatoms. The molecule has 84 valence electrons. The number of nitrogens with two attached hydrogens (primary N) is 1. The molecule has 16 heavy (non-hydrogen) atoms. The molecule has 0 spiro atoms. The molecule has 0 aliphatic heterocycles. The van der Waals surface area contributed by atoms with Crippen molar-refractivity contribution in [2.75, 3.05) is 0 Å². The highest BCUT2D eigenvalue weighted by molar-refractivity contribution is 7.80. The van der Waals surface area contributed by atoms with Crippen molar-refractivity contribution in [1.82, 2.24) is 10.9 Å². The van der Waals surface area contributed by atoms with Crippen LogP contribution in [0.2, 0.25) is 0 Å². The zero-order chi connectivity index (χ0) is 10.6. The normalized spacial score (nSPS) is 57.1. The fraction of sp³-hybridized carbons (Fsp3) is 0.750. The predicted octanol–water partition coefficient (Wildman–Crippen LogP) is 0.740. The van der Waals surface area contributed by atoms with Crippen molar-refractivity contribution in [3.05, 3.63) is 11.3 Å². The molecule has 0 amide bonds. The molecule has 6 aliphatic rings. The van der Waals surface area contributed by atoms with E-state index in [1.54, 1.807) is 5.57 Å². The number of thiocarbonyl (C=S) groups is 1. The fourth-order valence-electron chi connectivity index (χ4n) is 6.21. The molecular formula is C12H15N3S. The van der Waals surface area contributed by atoms with E-state index < -0.39 is 0 Å². The van der Waals surface area contributed by atoms with Crippen LogP contribution in [0.15, 0.2) is 11.3 Å². The van der Waals surface area contributed by atoms with Gasteiger partial charge in [0.25, 0.3) is 0 Å². The Morgan fingerprint density at radius 3 is 2.81 bits per heavy atom. The van der Waals surface area contributed by atoms with Gasteiger partial charge in [-0.1, -0.05) is 0 Å². The van der Waals surface area contributed by atoms with Crippen LogP contribution in [-0.4, -0.2) is 5.11 Å². The van der Waals surface area contributed by atoms with E-state index in [9.17, 15) is 0 Å². The summed E-state index contributed by atoms with van der Waals surface area (Å²) < 4.78 is 0. The van der Waals surface area contributed by atoms with Gasteiger partial charge in [-0.25, -0.2) is 0 Å². The number of hydrazine groups is 1. The van der Waals surface area contributed by atoms with E-state index in [1.165, 1.54) is 18.5 Å². The molecular weight excluding hydrogens is 218 g/mol. The first-order chi connectivity index (χ1) is 7.77. The Bertz CT molecular complexity index is 457. The lowest BCUT2D eigenvalue weighted by atomic mass is 9.70. The summed E-state index contributed by atoms with van der Waals surface area (Å²) in [5.41, 5.74) is 15.0. The van der Waals surface area contributed by atoms with Gasteiger partial charge in [-0.3, -0.25) is 5.43 Å². The molecule has 4 fully saturated rings. The van der Waals surface area contributed by atoms with Crippen molar-refractivity contribution < 1.29 is 0 Å². The maximum atomic E-state index is 5.49. The first-order valence-electron chi connectivity index (χ1n) is 6.33. The van der Waals surface area contributed by atoms with E-state index >= 15 is 0 Å². The third kappa shape index (κ3) is 0.626. The second-order valence-corrected chi connectivity index (χ2v) is 6.62. The maximum absolute atomic E-state index is 5.49. The quantitative estimate of drug-likeness (QED) is 0.486. The fourth-order valence-corrected chi connectivity index (χ4v) is 6.26. The molecule has 7 atom stereocenters. The highest BCUT2D eigenvalue weighted by Gasteiger charge is 2.76. The van der Waals surface area contributed by atoms with Crippen molar-refractivity contribution in [2.45, 2.75) is 12.8 Å². The molecule has 4 N–H and O–H groups in total. The molecule has 6 rings (SSSR count). The molecule has 3 nitrogen and oxygen atoms in total. The Morgan fingerprint density at radius 1 is 1.19 bits per heavy atom. The second kappa shape index (κ2) is 2.26. The minimum atomic E-state index is 0.353. The molecule has 0 radical (unpaired) electrons. The zero-order valence-corrected chi connectivity index (χ0v) is 9.76. The summed E-state index contributed by atoms with van der Waals surface area (Å²) in [5, 5.41) is 0.353. The molecule has 0 unspecified atom stereocenters. The molecule has 0 aromatic heterocycles. The second-order valence-electron chi connectivity index (χ2n) is 6.18. The van der Waals surface area contributed by atoms with E-state index in [-0.39, 0.29) is 0 Å².